The maximum atomic E-state index is 6.27. The van der Waals surface area contributed by atoms with Crippen molar-refractivity contribution in [1.82, 2.24) is 4.98 Å². The first-order valence-corrected chi connectivity index (χ1v) is 6.99. The van der Waals surface area contributed by atoms with Crippen LogP contribution in [0.4, 0.5) is 5.69 Å². The van der Waals surface area contributed by atoms with Gasteiger partial charge in [-0.1, -0.05) is 25.4 Å². The zero-order chi connectivity index (χ0) is 14.7. The molecule has 1 N–H and O–H groups in total. The molecule has 0 atom stereocenters. The van der Waals surface area contributed by atoms with Crippen LogP contribution in [0.3, 0.4) is 0 Å². The lowest BCUT2D eigenvalue weighted by Crippen LogP contribution is -1.95. The first-order valence-electron chi connectivity index (χ1n) is 6.62. The Morgan fingerprint density at radius 3 is 2.60 bits per heavy atom. The van der Waals surface area contributed by atoms with Crippen LogP contribution >= 0.6 is 11.6 Å². The van der Waals surface area contributed by atoms with Crippen LogP contribution in [0.2, 0.25) is 5.02 Å². The van der Waals surface area contributed by atoms with E-state index in [0.717, 1.165) is 27.6 Å². The van der Waals surface area contributed by atoms with Gasteiger partial charge in [-0.15, -0.1) is 0 Å². The first kappa shape index (κ1) is 14.7. The van der Waals surface area contributed by atoms with Crippen molar-refractivity contribution < 1.29 is 4.74 Å². The number of rotatable bonds is 4. The number of halogens is 1. The first-order chi connectivity index (χ1) is 9.51. The predicted molar refractivity (Wildman–Crippen MR) is 84.1 cm³/mol. The van der Waals surface area contributed by atoms with E-state index in [2.05, 4.69) is 24.1 Å². The minimum absolute atomic E-state index is 0.354. The minimum atomic E-state index is 0.354. The van der Waals surface area contributed by atoms with E-state index in [-0.39, 0.29) is 0 Å². The van der Waals surface area contributed by atoms with Gasteiger partial charge in [0.2, 0.25) is 0 Å². The van der Waals surface area contributed by atoms with Gasteiger partial charge in [0.15, 0.2) is 0 Å². The highest BCUT2D eigenvalue weighted by atomic mass is 35.5. The summed E-state index contributed by atoms with van der Waals surface area (Å²) in [5, 5.41) is 3.83. The quantitative estimate of drug-likeness (QED) is 0.860. The Kier molecular flexibility index (Phi) is 4.50. The number of aryl methyl sites for hydroxylation is 1. The number of pyridine rings is 1. The molecule has 0 bridgehead atoms. The fourth-order valence-electron chi connectivity index (χ4n) is 1.96. The van der Waals surface area contributed by atoms with E-state index in [1.54, 1.807) is 12.4 Å². The molecule has 0 aliphatic rings. The Morgan fingerprint density at radius 1 is 1.20 bits per heavy atom. The third-order valence-corrected chi connectivity index (χ3v) is 3.47. The number of ether oxygens (including phenoxy) is 1. The number of hydrogen-bond donors (Lipinski definition) is 1. The van der Waals surface area contributed by atoms with Crippen LogP contribution in [0.15, 0.2) is 30.6 Å². The molecule has 0 aliphatic heterocycles. The highest BCUT2D eigenvalue weighted by molar-refractivity contribution is 6.31. The Hall–Kier alpha value is -1.74. The van der Waals surface area contributed by atoms with Crippen LogP contribution in [0, 0.1) is 6.92 Å². The third kappa shape index (κ3) is 3.23. The van der Waals surface area contributed by atoms with Crippen LogP contribution < -0.4 is 10.1 Å². The molecular formula is C16H19ClN2O. The SMILES string of the molecule is CNc1cncc(Oc2cc(C(C)C)c(Cl)cc2C)c1. The lowest BCUT2D eigenvalue weighted by Gasteiger charge is -2.14. The number of hydrogen-bond acceptors (Lipinski definition) is 3. The summed E-state index contributed by atoms with van der Waals surface area (Å²) in [6.07, 6.45) is 3.45. The van der Waals surface area contributed by atoms with Gasteiger partial charge in [0.1, 0.15) is 11.5 Å². The van der Waals surface area contributed by atoms with Gasteiger partial charge in [-0.25, -0.2) is 0 Å². The molecule has 0 spiro atoms. The van der Waals surface area contributed by atoms with Crippen LogP contribution in [0.5, 0.6) is 11.5 Å². The highest BCUT2D eigenvalue weighted by Crippen LogP contribution is 2.34. The second-order valence-corrected chi connectivity index (χ2v) is 5.46. The normalized spacial score (nSPS) is 10.7. The molecule has 1 aromatic carbocycles. The van der Waals surface area contributed by atoms with Gasteiger partial charge in [0.25, 0.3) is 0 Å². The second-order valence-electron chi connectivity index (χ2n) is 5.06. The van der Waals surface area contributed by atoms with E-state index in [1.165, 1.54) is 0 Å². The molecule has 1 aromatic heterocycles. The van der Waals surface area contributed by atoms with E-state index in [9.17, 15) is 0 Å². The van der Waals surface area contributed by atoms with E-state index >= 15 is 0 Å². The summed E-state index contributed by atoms with van der Waals surface area (Å²) < 4.78 is 5.94. The smallest absolute Gasteiger partial charge is 0.147 e. The standard InChI is InChI=1S/C16H19ClN2O/c1-10(2)14-7-16(11(3)5-15(14)17)20-13-6-12(18-4)8-19-9-13/h5-10,18H,1-4H3. The molecule has 0 saturated heterocycles. The molecule has 4 heteroatoms. The zero-order valence-corrected chi connectivity index (χ0v) is 13.0. The lowest BCUT2D eigenvalue weighted by atomic mass is 10.0. The second kappa shape index (κ2) is 6.14. The summed E-state index contributed by atoms with van der Waals surface area (Å²) in [7, 11) is 1.85. The summed E-state index contributed by atoms with van der Waals surface area (Å²) in [6.45, 7) is 6.22. The molecule has 2 rings (SSSR count). The monoisotopic (exact) mass is 290 g/mol. The maximum Gasteiger partial charge on any atom is 0.147 e. The van der Waals surface area contributed by atoms with Gasteiger partial charge in [-0.3, -0.25) is 4.98 Å². The molecular weight excluding hydrogens is 272 g/mol. The molecule has 0 amide bonds. The van der Waals surface area contributed by atoms with E-state index in [4.69, 9.17) is 16.3 Å². The number of nitrogens with zero attached hydrogens (tertiary/aromatic N) is 1. The van der Waals surface area contributed by atoms with Gasteiger partial charge in [0.05, 0.1) is 18.1 Å². The average molecular weight is 291 g/mol. The lowest BCUT2D eigenvalue weighted by molar-refractivity contribution is 0.475. The summed E-state index contributed by atoms with van der Waals surface area (Å²) in [6, 6.07) is 5.87. The van der Waals surface area contributed by atoms with Crippen molar-refractivity contribution in [2.24, 2.45) is 0 Å². The fourth-order valence-corrected chi connectivity index (χ4v) is 2.40. The molecule has 0 saturated carbocycles. The van der Waals surface area contributed by atoms with E-state index < -0.39 is 0 Å². The number of aromatic nitrogens is 1. The zero-order valence-electron chi connectivity index (χ0n) is 12.2. The summed E-state index contributed by atoms with van der Waals surface area (Å²) in [4.78, 5) is 4.14. The fraction of sp³-hybridized carbons (Fsp3) is 0.312. The summed E-state index contributed by atoms with van der Waals surface area (Å²) in [5.41, 5.74) is 3.01. The van der Waals surface area contributed by atoms with E-state index in [1.807, 2.05) is 32.2 Å². The van der Waals surface area contributed by atoms with Crippen molar-refractivity contribution in [3.63, 3.8) is 0 Å². The van der Waals surface area contributed by atoms with Crippen molar-refractivity contribution in [3.05, 3.63) is 46.7 Å². The van der Waals surface area contributed by atoms with Crippen molar-refractivity contribution in [2.75, 3.05) is 12.4 Å². The molecule has 0 unspecified atom stereocenters. The molecule has 2 aromatic rings. The van der Waals surface area contributed by atoms with Crippen LogP contribution in [0.1, 0.15) is 30.9 Å². The topological polar surface area (TPSA) is 34.2 Å². The van der Waals surface area contributed by atoms with E-state index in [0.29, 0.717) is 11.7 Å². The largest absolute Gasteiger partial charge is 0.455 e. The highest BCUT2D eigenvalue weighted by Gasteiger charge is 2.11. The summed E-state index contributed by atoms with van der Waals surface area (Å²) in [5.74, 6) is 1.87. The molecule has 20 heavy (non-hydrogen) atoms. The van der Waals surface area contributed by atoms with Gasteiger partial charge in [0, 0.05) is 18.1 Å². The molecule has 1 heterocycles. The van der Waals surface area contributed by atoms with Crippen molar-refractivity contribution in [2.45, 2.75) is 26.7 Å². The van der Waals surface area contributed by atoms with Crippen molar-refractivity contribution in [3.8, 4) is 11.5 Å². The van der Waals surface area contributed by atoms with Crippen LogP contribution in [0.25, 0.3) is 0 Å². The maximum absolute atomic E-state index is 6.27. The van der Waals surface area contributed by atoms with Crippen molar-refractivity contribution >= 4 is 17.3 Å². The average Bonchev–Trinajstić information content (AvgIpc) is 2.41. The van der Waals surface area contributed by atoms with Crippen LogP contribution in [-0.4, -0.2) is 12.0 Å². The summed E-state index contributed by atoms with van der Waals surface area (Å²) >= 11 is 6.27. The predicted octanol–water partition coefficient (Wildman–Crippen LogP) is 5.00. The van der Waals surface area contributed by atoms with Gasteiger partial charge in [-0.2, -0.15) is 0 Å². The number of nitrogens with one attached hydrogen (secondary N) is 1. The molecule has 106 valence electrons. The molecule has 0 fully saturated rings. The number of benzene rings is 1. The number of anilines is 1. The Balaban J connectivity index is 2.35. The van der Waals surface area contributed by atoms with Gasteiger partial charge >= 0.3 is 0 Å². The Bertz CT molecular complexity index is 611. The molecule has 3 nitrogen and oxygen atoms in total. The van der Waals surface area contributed by atoms with Gasteiger partial charge in [-0.05, 0) is 36.1 Å². The Morgan fingerprint density at radius 2 is 1.95 bits per heavy atom. The minimum Gasteiger partial charge on any atom is -0.455 e. The molecule has 0 aliphatic carbocycles. The van der Waals surface area contributed by atoms with Gasteiger partial charge < -0.3 is 10.1 Å². The Labute approximate surface area is 124 Å². The third-order valence-electron chi connectivity index (χ3n) is 3.15. The van der Waals surface area contributed by atoms with Crippen LogP contribution in [-0.2, 0) is 0 Å². The van der Waals surface area contributed by atoms with Crippen molar-refractivity contribution in [1.29, 1.82) is 0 Å². The molecule has 0 radical (unpaired) electrons.